The Balaban J connectivity index is 2.86. The van der Waals surface area contributed by atoms with Crippen LogP contribution in [0.2, 0.25) is 0 Å². The third kappa shape index (κ3) is 3.37. The monoisotopic (exact) mass is 253 g/mol. The largest absolute Gasteiger partial charge is 0.497 e. The molecule has 5 nitrogen and oxygen atoms in total. The maximum Gasteiger partial charge on any atom is 0.312 e. The molecule has 1 rings (SSSR count). The first-order valence-electron chi connectivity index (χ1n) is 5.64. The molecule has 0 fully saturated rings. The minimum atomic E-state index is -0.949. The average Bonchev–Trinajstić information content (AvgIpc) is 2.35. The first kappa shape index (κ1) is 14.3. The molecule has 0 radical (unpaired) electrons. The molecule has 0 aliphatic heterocycles. The molecular weight excluding hydrogens is 234 g/mol. The summed E-state index contributed by atoms with van der Waals surface area (Å²) in [4.78, 5) is 11.0. The first-order valence-corrected chi connectivity index (χ1v) is 5.64. The number of benzene rings is 1. The van der Waals surface area contributed by atoms with E-state index in [1.54, 1.807) is 33.1 Å². The number of nitrogens with two attached hydrogens (primary N) is 1. The fourth-order valence-electron chi connectivity index (χ4n) is 1.28. The zero-order valence-electron chi connectivity index (χ0n) is 10.9. The van der Waals surface area contributed by atoms with Gasteiger partial charge < -0.3 is 20.3 Å². The molecule has 18 heavy (non-hydrogen) atoms. The number of carbonyl (C=O) groups is 1. The molecule has 3 N–H and O–H groups in total. The Morgan fingerprint density at radius 3 is 2.61 bits per heavy atom. The van der Waals surface area contributed by atoms with Crippen molar-refractivity contribution in [1.29, 1.82) is 0 Å². The van der Waals surface area contributed by atoms with Crippen molar-refractivity contribution >= 4 is 5.97 Å². The van der Waals surface area contributed by atoms with Gasteiger partial charge in [-0.1, -0.05) is 6.07 Å². The van der Waals surface area contributed by atoms with Crippen LogP contribution in [-0.2, 0) is 11.3 Å². The molecule has 0 aliphatic rings. The van der Waals surface area contributed by atoms with Crippen molar-refractivity contribution in [3.8, 4) is 11.5 Å². The molecule has 0 unspecified atom stereocenters. The van der Waals surface area contributed by atoms with Gasteiger partial charge in [0.15, 0.2) is 0 Å². The van der Waals surface area contributed by atoms with Crippen LogP contribution in [0.3, 0.4) is 0 Å². The second-order valence-corrected chi connectivity index (χ2v) is 4.66. The van der Waals surface area contributed by atoms with Crippen molar-refractivity contribution in [3.05, 3.63) is 23.8 Å². The molecule has 0 bridgehead atoms. The number of hydrogen-bond donors (Lipinski definition) is 2. The van der Waals surface area contributed by atoms with Gasteiger partial charge in [0.05, 0.1) is 12.5 Å². The lowest BCUT2D eigenvalue weighted by atomic mass is 9.95. The van der Waals surface area contributed by atoms with Gasteiger partial charge in [0, 0.05) is 18.2 Å². The van der Waals surface area contributed by atoms with Gasteiger partial charge in [-0.25, -0.2) is 0 Å². The van der Waals surface area contributed by atoms with Gasteiger partial charge in [-0.15, -0.1) is 0 Å². The van der Waals surface area contributed by atoms with Gasteiger partial charge in [-0.3, -0.25) is 4.79 Å². The van der Waals surface area contributed by atoms with Gasteiger partial charge in [-0.05, 0) is 19.9 Å². The number of ether oxygens (including phenoxy) is 2. The minimum Gasteiger partial charge on any atom is -0.497 e. The number of carboxylic acids is 1. The topological polar surface area (TPSA) is 81.8 Å². The van der Waals surface area contributed by atoms with Crippen molar-refractivity contribution in [2.24, 2.45) is 11.1 Å². The Hall–Kier alpha value is -1.75. The van der Waals surface area contributed by atoms with E-state index in [9.17, 15) is 4.79 Å². The molecule has 0 atom stereocenters. The zero-order chi connectivity index (χ0) is 13.8. The highest BCUT2D eigenvalue weighted by Crippen LogP contribution is 2.26. The van der Waals surface area contributed by atoms with Crippen LogP contribution in [0.5, 0.6) is 11.5 Å². The summed E-state index contributed by atoms with van der Waals surface area (Å²) in [6, 6.07) is 5.31. The first-order chi connectivity index (χ1) is 8.40. The summed E-state index contributed by atoms with van der Waals surface area (Å²) in [5, 5.41) is 9.02. The summed E-state index contributed by atoms with van der Waals surface area (Å²) < 4.78 is 10.7. The van der Waals surface area contributed by atoms with Crippen molar-refractivity contribution in [1.82, 2.24) is 0 Å². The maximum atomic E-state index is 11.0. The molecule has 1 aromatic carbocycles. The average molecular weight is 253 g/mol. The predicted molar refractivity (Wildman–Crippen MR) is 67.8 cm³/mol. The molecule has 1 aromatic rings. The lowest BCUT2D eigenvalue weighted by Crippen LogP contribution is -2.30. The quantitative estimate of drug-likeness (QED) is 0.805. The maximum absolute atomic E-state index is 11.0. The Labute approximate surface area is 107 Å². The lowest BCUT2D eigenvalue weighted by Gasteiger charge is -2.21. The summed E-state index contributed by atoms with van der Waals surface area (Å²) in [6.45, 7) is 3.62. The van der Waals surface area contributed by atoms with Crippen LogP contribution in [0.4, 0.5) is 0 Å². The smallest absolute Gasteiger partial charge is 0.312 e. The Morgan fingerprint density at radius 2 is 2.11 bits per heavy atom. The number of methoxy groups -OCH3 is 1. The molecule has 0 saturated heterocycles. The summed E-state index contributed by atoms with van der Waals surface area (Å²) >= 11 is 0. The van der Waals surface area contributed by atoms with Gasteiger partial charge in [0.1, 0.15) is 18.1 Å². The van der Waals surface area contributed by atoms with E-state index >= 15 is 0 Å². The number of rotatable bonds is 6. The van der Waals surface area contributed by atoms with E-state index in [2.05, 4.69) is 0 Å². The summed E-state index contributed by atoms with van der Waals surface area (Å²) in [7, 11) is 1.56. The van der Waals surface area contributed by atoms with Gasteiger partial charge in [0.25, 0.3) is 0 Å². The molecule has 100 valence electrons. The fraction of sp³-hybridized carbons (Fsp3) is 0.462. The summed E-state index contributed by atoms with van der Waals surface area (Å²) in [5.74, 6) is 0.307. The van der Waals surface area contributed by atoms with Gasteiger partial charge in [0.2, 0.25) is 0 Å². The summed E-state index contributed by atoms with van der Waals surface area (Å²) in [5.41, 5.74) is 5.47. The van der Waals surface area contributed by atoms with Crippen molar-refractivity contribution in [2.45, 2.75) is 20.4 Å². The third-order valence-electron chi connectivity index (χ3n) is 2.66. The molecule has 0 aromatic heterocycles. The molecule has 0 amide bonds. The second kappa shape index (κ2) is 5.73. The normalized spacial score (nSPS) is 11.1. The van der Waals surface area contributed by atoms with Crippen LogP contribution in [0, 0.1) is 5.41 Å². The highest BCUT2D eigenvalue weighted by molar-refractivity contribution is 5.73. The molecular formula is C13H19NO4. The third-order valence-corrected chi connectivity index (χ3v) is 2.66. The van der Waals surface area contributed by atoms with E-state index in [1.165, 1.54) is 0 Å². The zero-order valence-corrected chi connectivity index (χ0v) is 10.9. The Bertz CT molecular complexity index is 429. The van der Waals surface area contributed by atoms with Crippen molar-refractivity contribution in [3.63, 3.8) is 0 Å². The van der Waals surface area contributed by atoms with Crippen LogP contribution in [0.15, 0.2) is 18.2 Å². The Morgan fingerprint density at radius 1 is 1.44 bits per heavy atom. The van der Waals surface area contributed by atoms with E-state index in [1.807, 2.05) is 6.07 Å². The highest BCUT2D eigenvalue weighted by Gasteiger charge is 2.28. The van der Waals surface area contributed by atoms with Crippen LogP contribution in [0.1, 0.15) is 19.4 Å². The predicted octanol–water partition coefficient (Wildman–Crippen LogP) is 1.64. The van der Waals surface area contributed by atoms with Gasteiger partial charge in [-0.2, -0.15) is 0 Å². The van der Waals surface area contributed by atoms with E-state index in [0.717, 1.165) is 5.56 Å². The lowest BCUT2D eigenvalue weighted by molar-refractivity contribution is -0.148. The van der Waals surface area contributed by atoms with E-state index < -0.39 is 11.4 Å². The second-order valence-electron chi connectivity index (χ2n) is 4.66. The number of carboxylic acid groups (broad SMARTS) is 1. The summed E-state index contributed by atoms with van der Waals surface area (Å²) in [6.07, 6.45) is 0. The fourth-order valence-corrected chi connectivity index (χ4v) is 1.28. The van der Waals surface area contributed by atoms with Crippen LogP contribution in [-0.4, -0.2) is 24.8 Å². The number of aliphatic carboxylic acids is 1. The molecule has 0 saturated carbocycles. The minimum absolute atomic E-state index is 0.0719. The Kier molecular flexibility index (Phi) is 4.55. The van der Waals surface area contributed by atoms with Gasteiger partial charge >= 0.3 is 5.97 Å². The van der Waals surface area contributed by atoms with Crippen LogP contribution < -0.4 is 15.2 Å². The standard InChI is InChI=1S/C13H19NO4/c1-13(2,12(15)16)8-18-11-6-10(17-3)5-4-9(11)7-14/h4-6H,7-8,14H2,1-3H3,(H,15,16). The molecule has 0 spiro atoms. The number of hydrogen-bond acceptors (Lipinski definition) is 4. The van der Waals surface area contributed by atoms with Crippen molar-refractivity contribution in [2.75, 3.05) is 13.7 Å². The molecule has 0 aliphatic carbocycles. The van der Waals surface area contributed by atoms with E-state index in [4.69, 9.17) is 20.3 Å². The van der Waals surface area contributed by atoms with Crippen molar-refractivity contribution < 1.29 is 19.4 Å². The van der Waals surface area contributed by atoms with E-state index in [-0.39, 0.29) is 6.61 Å². The molecule has 0 heterocycles. The van der Waals surface area contributed by atoms with E-state index in [0.29, 0.717) is 18.0 Å². The highest BCUT2D eigenvalue weighted by atomic mass is 16.5. The SMILES string of the molecule is COc1ccc(CN)c(OCC(C)(C)C(=O)O)c1. The molecule has 5 heteroatoms. The van der Waals surface area contributed by atoms with Crippen LogP contribution in [0.25, 0.3) is 0 Å². The van der Waals surface area contributed by atoms with Crippen LogP contribution >= 0.6 is 0 Å².